The van der Waals surface area contributed by atoms with Crippen LogP contribution in [0.15, 0.2) is 24.3 Å². The maximum absolute atomic E-state index is 5.59. The van der Waals surface area contributed by atoms with Crippen molar-refractivity contribution in [2.45, 2.75) is 52.4 Å². The topological polar surface area (TPSA) is 26.0 Å². The number of unbranched alkanes of at least 4 members (excludes halogenated alkanes) is 1. The molecule has 0 spiro atoms. The number of benzene rings is 1. The molecule has 2 rings (SSSR count). The van der Waals surface area contributed by atoms with Gasteiger partial charge >= 0.3 is 0 Å². The molecule has 2 N–H and O–H groups in total. The minimum atomic E-state index is 0.583. The van der Waals surface area contributed by atoms with E-state index in [1.54, 1.807) is 11.1 Å². The Balaban J connectivity index is 2.24. The quantitative estimate of drug-likeness (QED) is 0.780. The van der Waals surface area contributed by atoms with Crippen LogP contribution in [0.25, 0.3) is 5.57 Å². The monoisotopic (exact) mass is 257 g/mol. The van der Waals surface area contributed by atoms with E-state index < -0.39 is 0 Å². The molecule has 19 heavy (non-hydrogen) atoms. The summed E-state index contributed by atoms with van der Waals surface area (Å²) in [4.78, 5) is 0. The zero-order valence-corrected chi connectivity index (χ0v) is 12.4. The van der Waals surface area contributed by atoms with Gasteiger partial charge in [0.15, 0.2) is 0 Å². The first-order valence-electron chi connectivity index (χ1n) is 7.74. The number of nitrogens with two attached hydrogens (primary N) is 1. The summed E-state index contributed by atoms with van der Waals surface area (Å²) in [5.74, 6) is 0.583. The molecule has 1 aromatic rings. The average Bonchev–Trinajstić information content (AvgIpc) is 2.43. The molecule has 1 nitrogen and oxygen atoms in total. The predicted molar refractivity (Wildman–Crippen MR) is 84.2 cm³/mol. The molecule has 0 saturated carbocycles. The first kappa shape index (κ1) is 14.3. The third kappa shape index (κ3) is 3.70. The van der Waals surface area contributed by atoms with Crippen LogP contribution in [0.3, 0.4) is 0 Å². The molecule has 1 aliphatic rings. The number of fused-ring (bicyclic) bond motifs is 1. The highest BCUT2D eigenvalue weighted by atomic mass is 14.5. The fourth-order valence-electron chi connectivity index (χ4n) is 2.98. The van der Waals surface area contributed by atoms with E-state index >= 15 is 0 Å². The van der Waals surface area contributed by atoms with Gasteiger partial charge in [-0.05, 0) is 73.3 Å². The van der Waals surface area contributed by atoms with Crippen molar-refractivity contribution in [2.75, 3.05) is 6.54 Å². The van der Waals surface area contributed by atoms with E-state index in [4.69, 9.17) is 5.73 Å². The van der Waals surface area contributed by atoms with Gasteiger partial charge in [-0.1, -0.05) is 38.1 Å². The van der Waals surface area contributed by atoms with Crippen LogP contribution < -0.4 is 5.73 Å². The highest BCUT2D eigenvalue weighted by Gasteiger charge is 2.12. The zero-order chi connectivity index (χ0) is 13.7. The molecular weight excluding hydrogens is 230 g/mol. The smallest absolute Gasteiger partial charge is 0.00743 e. The second kappa shape index (κ2) is 6.91. The van der Waals surface area contributed by atoms with Gasteiger partial charge in [-0.3, -0.25) is 0 Å². The van der Waals surface area contributed by atoms with E-state index in [2.05, 4.69) is 38.1 Å². The van der Waals surface area contributed by atoms with Crippen molar-refractivity contribution < 1.29 is 0 Å². The molecule has 0 unspecified atom stereocenters. The Kier molecular flexibility index (Phi) is 5.21. The van der Waals surface area contributed by atoms with Gasteiger partial charge < -0.3 is 5.73 Å². The molecule has 0 bridgehead atoms. The van der Waals surface area contributed by atoms with Gasteiger partial charge in [-0.15, -0.1) is 0 Å². The molecule has 0 radical (unpaired) electrons. The van der Waals surface area contributed by atoms with Crippen molar-refractivity contribution in [3.8, 4) is 0 Å². The molecule has 0 heterocycles. The third-order valence-electron chi connectivity index (χ3n) is 4.08. The molecule has 0 amide bonds. The van der Waals surface area contributed by atoms with Gasteiger partial charge in [0.25, 0.3) is 0 Å². The number of aryl methyl sites for hydroxylation is 2. The molecule has 0 aromatic heterocycles. The number of hydrogen-bond donors (Lipinski definition) is 1. The van der Waals surface area contributed by atoms with Crippen molar-refractivity contribution in [3.63, 3.8) is 0 Å². The van der Waals surface area contributed by atoms with E-state index in [0.29, 0.717) is 5.92 Å². The fraction of sp³-hybridized carbons (Fsp3) is 0.556. The van der Waals surface area contributed by atoms with E-state index in [9.17, 15) is 0 Å². The molecule has 0 atom stereocenters. The van der Waals surface area contributed by atoms with Gasteiger partial charge in [0, 0.05) is 0 Å². The fourth-order valence-corrected chi connectivity index (χ4v) is 2.98. The number of rotatable bonds is 5. The van der Waals surface area contributed by atoms with Gasteiger partial charge in [-0.2, -0.15) is 0 Å². The van der Waals surface area contributed by atoms with E-state index in [0.717, 1.165) is 19.4 Å². The maximum Gasteiger partial charge on any atom is -0.00743 e. The Morgan fingerprint density at radius 2 is 1.95 bits per heavy atom. The predicted octanol–water partition coefficient (Wildman–Crippen LogP) is 4.34. The Morgan fingerprint density at radius 1 is 1.21 bits per heavy atom. The summed E-state index contributed by atoms with van der Waals surface area (Å²) < 4.78 is 0. The largest absolute Gasteiger partial charge is 0.330 e. The molecule has 1 aromatic carbocycles. The summed E-state index contributed by atoms with van der Waals surface area (Å²) in [6.45, 7) is 5.35. The SMILES string of the molecule is CC(C)/C(=C\CCCN)c1ccc2c(c1)CCCC2. The van der Waals surface area contributed by atoms with Crippen LogP contribution in [-0.4, -0.2) is 6.54 Å². The lowest BCUT2D eigenvalue weighted by Crippen LogP contribution is -2.04. The Hall–Kier alpha value is -1.08. The lowest BCUT2D eigenvalue weighted by molar-refractivity contribution is 0.685. The van der Waals surface area contributed by atoms with Crippen molar-refractivity contribution in [3.05, 3.63) is 41.0 Å². The second-order valence-corrected chi connectivity index (χ2v) is 5.94. The van der Waals surface area contributed by atoms with Gasteiger partial charge in [0.1, 0.15) is 0 Å². The molecule has 0 aliphatic heterocycles. The van der Waals surface area contributed by atoms with Gasteiger partial charge in [-0.25, -0.2) is 0 Å². The van der Waals surface area contributed by atoms with E-state index in [1.807, 2.05) is 0 Å². The lowest BCUT2D eigenvalue weighted by atomic mass is 9.86. The number of allylic oxidation sites excluding steroid dienone is 2. The van der Waals surface area contributed by atoms with Crippen molar-refractivity contribution in [2.24, 2.45) is 11.7 Å². The first-order valence-corrected chi connectivity index (χ1v) is 7.74. The number of hydrogen-bond acceptors (Lipinski definition) is 1. The van der Waals surface area contributed by atoms with Crippen LogP contribution in [0, 0.1) is 5.92 Å². The van der Waals surface area contributed by atoms with E-state index in [-0.39, 0.29) is 0 Å². The summed E-state index contributed by atoms with van der Waals surface area (Å²) in [6, 6.07) is 7.10. The average molecular weight is 257 g/mol. The summed E-state index contributed by atoms with van der Waals surface area (Å²) in [7, 11) is 0. The van der Waals surface area contributed by atoms with Crippen LogP contribution in [0.4, 0.5) is 0 Å². The van der Waals surface area contributed by atoms with Crippen molar-refractivity contribution >= 4 is 5.57 Å². The first-order chi connectivity index (χ1) is 9.22. The molecule has 1 heteroatoms. The van der Waals surface area contributed by atoms with Crippen LogP contribution in [0.1, 0.15) is 56.2 Å². The normalized spacial score (nSPS) is 15.7. The summed E-state index contributed by atoms with van der Waals surface area (Å²) >= 11 is 0. The van der Waals surface area contributed by atoms with E-state index in [1.165, 1.54) is 36.8 Å². The second-order valence-electron chi connectivity index (χ2n) is 5.94. The summed E-state index contributed by atoms with van der Waals surface area (Å²) in [5.41, 5.74) is 11.7. The lowest BCUT2D eigenvalue weighted by Gasteiger charge is -2.19. The highest BCUT2D eigenvalue weighted by Crippen LogP contribution is 2.29. The Morgan fingerprint density at radius 3 is 2.63 bits per heavy atom. The summed E-state index contributed by atoms with van der Waals surface area (Å²) in [5, 5.41) is 0. The maximum atomic E-state index is 5.59. The van der Waals surface area contributed by atoms with Gasteiger partial charge in [0.2, 0.25) is 0 Å². The van der Waals surface area contributed by atoms with Crippen LogP contribution >= 0.6 is 0 Å². The van der Waals surface area contributed by atoms with Crippen molar-refractivity contribution in [1.29, 1.82) is 0 Å². The minimum Gasteiger partial charge on any atom is -0.330 e. The van der Waals surface area contributed by atoms with Crippen LogP contribution in [0.5, 0.6) is 0 Å². The molecular formula is C18H27N. The molecule has 0 fully saturated rings. The molecule has 104 valence electrons. The molecule has 0 saturated heterocycles. The Labute approximate surface area is 117 Å². The van der Waals surface area contributed by atoms with Crippen molar-refractivity contribution in [1.82, 2.24) is 0 Å². The zero-order valence-electron chi connectivity index (χ0n) is 12.4. The van der Waals surface area contributed by atoms with Gasteiger partial charge in [0.05, 0.1) is 0 Å². The van der Waals surface area contributed by atoms with Crippen LogP contribution in [-0.2, 0) is 12.8 Å². The molecule has 1 aliphatic carbocycles. The van der Waals surface area contributed by atoms with Crippen LogP contribution in [0.2, 0.25) is 0 Å². The third-order valence-corrected chi connectivity index (χ3v) is 4.08. The minimum absolute atomic E-state index is 0.583. The standard InChI is InChI=1S/C18H27N/c1-14(2)18(9-5-6-12-19)17-11-10-15-7-3-4-8-16(15)13-17/h9-11,13-14H,3-8,12,19H2,1-2H3/b18-9+. The Bertz CT molecular complexity index is 443. The summed E-state index contributed by atoms with van der Waals surface area (Å²) in [6.07, 6.45) is 9.81. The highest BCUT2D eigenvalue weighted by molar-refractivity contribution is 5.68.